The van der Waals surface area contributed by atoms with Crippen LogP contribution < -0.4 is 9.44 Å². The van der Waals surface area contributed by atoms with Crippen molar-refractivity contribution in [3.63, 3.8) is 0 Å². The monoisotopic (exact) mass is 279 g/mol. The molecule has 0 atom stereocenters. The van der Waals surface area contributed by atoms with Crippen molar-refractivity contribution in [2.45, 2.75) is 0 Å². The van der Waals surface area contributed by atoms with E-state index in [-0.39, 0.29) is 23.8 Å². The van der Waals surface area contributed by atoms with E-state index in [0.29, 0.717) is 0 Å². The maximum Gasteiger partial charge on any atom is 0.299 e. The van der Waals surface area contributed by atoms with Gasteiger partial charge in [0.25, 0.3) is 15.9 Å². The van der Waals surface area contributed by atoms with Gasteiger partial charge in [0.15, 0.2) is 0 Å². The van der Waals surface area contributed by atoms with Crippen molar-refractivity contribution in [3.8, 4) is 0 Å². The Labute approximate surface area is 103 Å². The molecule has 17 heavy (non-hydrogen) atoms. The highest BCUT2D eigenvalue weighted by Gasteiger charge is 2.10. The van der Waals surface area contributed by atoms with Crippen LogP contribution in [0.25, 0.3) is 0 Å². The first kappa shape index (κ1) is 13.7. The third-order valence-corrected chi connectivity index (χ3v) is 2.99. The maximum atomic E-state index is 11.4. The van der Waals surface area contributed by atoms with Crippen molar-refractivity contribution in [1.29, 1.82) is 0 Å². The van der Waals surface area contributed by atoms with Gasteiger partial charge in [-0.3, -0.25) is 14.8 Å². The fourth-order valence-corrected chi connectivity index (χ4v) is 2.11. The Morgan fingerprint density at radius 3 is 2.35 bits per heavy atom. The molecule has 2 N–H and O–H groups in total. The number of alkyl halides is 1. The second-order valence-electron chi connectivity index (χ2n) is 2.99. The molecule has 1 aromatic rings. The van der Waals surface area contributed by atoms with Gasteiger partial charge < -0.3 is 0 Å². The quantitative estimate of drug-likeness (QED) is 0.462. The van der Waals surface area contributed by atoms with E-state index in [0.717, 1.165) is 0 Å². The summed E-state index contributed by atoms with van der Waals surface area (Å²) >= 11 is 5.34. The average Bonchev–Trinajstić information content (AvgIpc) is 2.26. The minimum Gasteiger partial charge on any atom is -0.271 e. The minimum atomic E-state index is -3.68. The van der Waals surface area contributed by atoms with Gasteiger partial charge >= 0.3 is 0 Å². The summed E-state index contributed by atoms with van der Waals surface area (Å²) in [6.07, 6.45) is 0. The summed E-state index contributed by atoms with van der Waals surface area (Å²) in [6, 6.07) is 5.02. The second-order valence-corrected chi connectivity index (χ2v) is 4.87. The summed E-state index contributed by atoms with van der Waals surface area (Å²) in [7, 11) is -3.68. The molecule has 0 heterocycles. The SMILES string of the molecule is O=[N+]([O-])c1ccc(NS(=O)(=O)NCCCl)cc1. The maximum absolute atomic E-state index is 11.4. The van der Waals surface area contributed by atoms with E-state index >= 15 is 0 Å². The summed E-state index contributed by atoms with van der Waals surface area (Å²) < 4.78 is 27.1. The predicted molar refractivity (Wildman–Crippen MR) is 64.4 cm³/mol. The Bertz CT molecular complexity index is 488. The lowest BCUT2D eigenvalue weighted by atomic mass is 10.3. The lowest BCUT2D eigenvalue weighted by Gasteiger charge is -2.07. The van der Waals surface area contributed by atoms with Crippen molar-refractivity contribution in [1.82, 2.24) is 4.72 Å². The van der Waals surface area contributed by atoms with Gasteiger partial charge in [-0.2, -0.15) is 13.1 Å². The van der Waals surface area contributed by atoms with Crippen LogP contribution in [0.1, 0.15) is 0 Å². The molecule has 0 aromatic heterocycles. The predicted octanol–water partition coefficient (Wildman–Crippen LogP) is 1.08. The molecule has 0 amide bonds. The molecule has 0 saturated carbocycles. The van der Waals surface area contributed by atoms with Crippen LogP contribution in [0.2, 0.25) is 0 Å². The van der Waals surface area contributed by atoms with Crippen molar-refractivity contribution in [2.75, 3.05) is 17.1 Å². The molecule has 9 heteroatoms. The Hall–Kier alpha value is -1.38. The van der Waals surface area contributed by atoms with E-state index in [1.54, 1.807) is 0 Å². The van der Waals surface area contributed by atoms with Crippen LogP contribution in [0.4, 0.5) is 11.4 Å². The third-order valence-electron chi connectivity index (χ3n) is 1.72. The Balaban J connectivity index is 2.72. The zero-order chi connectivity index (χ0) is 12.9. The first-order chi connectivity index (χ1) is 7.94. The second kappa shape index (κ2) is 5.80. The van der Waals surface area contributed by atoms with E-state index < -0.39 is 15.1 Å². The first-order valence-corrected chi connectivity index (χ1v) is 6.54. The van der Waals surface area contributed by atoms with E-state index in [1.165, 1.54) is 24.3 Å². The lowest BCUT2D eigenvalue weighted by molar-refractivity contribution is -0.384. The summed E-state index contributed by atoms with van der Waals surface area (Å²) in [4.78, 5) is 9.81. The Kier molecular flexibility index (Phi) is 4.67. The van der Waals surface area contributed by atoms with Crippen LogP contribution in [0.5, 0.6) is 0 Å². The molecule has 7 nitrogen and oxygen atoms in total. The fraction of sp³-hybridized carbons (Fsp3) is 0.250. The fourth-order valence-electron chi connectivity index (χ4n) is 1.02. The lowest BCUT2D eigenvalue weighted by Crippen LogP contribution is -2.31. The molecule has 0 radical (unpaired) electrons. The van der Waals surface area contributed by atoms with Gasteiger partial charge in [-0.25, -0.2) is 0 Å². The van der Waals surface area contributed by atoms with Gasteiger partial charge in [-0.15, -0.1) is 11.6 Å². The molecule has 0 aliphatic heterocycles. The van der Waals surface area contributed by atoms with Crippen molar-refractivity contribution < 1.29 is 13.3 Å². The molecule has 0 aliphatic rings. The number of halogens is 1. The molecule has 0 spiro atoms. The molecule has 94 valence electrons. The number of nitrogens with zero attached hydrogens (tertiary/aromatic N) is 1. The minimum absolute atomic E-state index is 0.101. The number of nitro benzene ring substituents is 1. The molecule has 1 rings (SSSR count). The van der Waals surface area contributed by atoms with E-state index in [9.17, 15) is 18.5 Å². The number of benzene rings is 1. The van der Waals surface area contributed by atoms with Gasteiger partial charge in [0.1, 0.15) is 0 Å². The topological polar surface area (TPSA) is 101 Å². The number of rotatable bonds is 6. The standard InChI is InChI=1S/C8H10ClN3O4S/c9-5-6-10-17(15,16)11-7-1-3-8(4-2-7)12(13)14/h1-4,10-11H,5-6H2. The summed E-state index contributed by atoms with van der Waals surface area (Å²) in [6.45, 7) is 0.101. The number of hydrogen-bond acceptors (Lipinski definition) is 4. The third kappa shape index (κ3) is 4.55. The normalized spacial score (nSPS) is 11.1. The molecule has 0 aliphatic carbocycles. The Morgan fingerprint density at radius 2 is 1.88 bits per heavy atom. The van der Waals surface area contributed by atoms with Crippen LogP contribution in [0, 0.1) is 10.1 Å². The zero-order valence-corrected chi connectivity index (χ0v) is 10.2. The number of anilines is 1. The highest BCUT2D eigenvalue weighted by atomic mass is 35.5. The molecular weight excluding hydrogens is 270 g/mol. The van der Waals surface area contributed by atoms with E-state index in [2.05, 4.69) is 9.44 Å². The van der Waals surface area contributed by atoms with Gasteiger partial charge in [0.05, 0.1) is 10.6 Å². The van der Waals surface area contributed by atoms with Gasteiger partial charge in [0, 0.05) is 24.6 Å². The van der Waals surface area contributed by atoms with E-state index in [4.69, 9.17) is 11.6 Å². The zero-order valence-electron chi connectivity index (χ0n) is 8.59. The largest absolute Gasteiger partial charge is 0.299 e. The number of non-ortho nitro benzene ring substituents is 1. The van der Waals surface area contributed by atoms with Crippen LogP contribution in [0.3, 0.4) is 0 Å². The van der Waals surface area contributed by atoms with E-state index in [1.807, 2.05) is 0 Å². The molecule has 0 unspecified atom stereocenters. The van der Waals surface area contributed by atoms with Crippen molar-refractivity contribution in [3.05, 3.63) is 34.4 Å². The van der Waals surface area contributed by atoms with Crippen LogP contribution in [-0.4, -0.2) is 25.8 Å². The average molecular weight is 280 g/mol. The molecular formula is C8H10ClN3O4S. The summed E-state index contributed by atoms with van der Waals surface area (Å²) in [5.74, 6) is 0.154. The number of nitrogens with one attached hydrogen (secondary N) is 2. The number of nitro groups is 1. The summed E-state index contributed by atoms with van der Waals surface area (Å²) in [5.41, 5.74) is 0.124. The van der Waals surface area contributed by atoms with Crippen LogP contribution in [-0.2, 0) is 10.2 Å². The smallest absolute Gasteiger partial charge is 0.271 e. The highest BCUT2D eigenvalue weighted by molar-refractivity contribution is 7.90. The molecule has 1 aromatic carbocycles. The Morgan fingerprint density at radius 1 is 1.29 bits per heavy atom. The molecule has 0 saturated heterocycles. The van der Waals surface area contributed by atoms with Crippen molar-refractivity contribution >= 4 is 33.2 Å². The highest BCUT2D eigenvalue weighted by Crippen LogP contribution is 2.15. The first-order valence-electron chi connectivity index (χ1n) is 4.52. The summed E-state index contributed by atoms with van der Waals surface area (Å²) in [5, 5.41) is 10.4. The van der Waals surface area contributed by atoms with Gasteiger partial charge in [0.2, 0.25) is 0 Å². The van der Waals surface area contributed by atoms with Crippen LogP contribution >= 0.6 is 11.6 Å². The van der Waals surface area contributed by atoms with Crippen molar-refractivity contribution in [2.24, 2.45) is 0 Å². The van der Waals surface area contributed by atoms with Crippen LogP contribution in [0.15, 0.2) is 24.3 Å². The van der Waals surface area contributed by atoms with Gasteiger partial charge in [-0.05, 0) is 12.1 Å². The molecule has 0 fully saturated rings. The van der Waals surface area contributed by atoms with Gasteiger partial charge in [-0.1, -0.05) is 0 Å². The number of hydrogen-bond donors (Lipinski definition) is 2. The molecule has 0 bridgehead atoms.